The summed E-state index contributed by atoms with van der Waals surface area (Å²) in [5.41, 5.74) is 0. The van der Waals surface area contributed by atoms with Gasteiger partial charge in [-0.05, 0) is 12.8 Å². The van der Waals surface area contributed by atoms with E-state index in [0.717, 1.165) is 32.1 Å². The summed E-state index contributed by atoms with van der Waals surface area (Å²) in [5, 5.41) is 16.9. The number of hydrogen-bond donors (Lipinski definition) is 2. The summed E-state index contributed by atoms with van der Waals surface area (Å²) in [6, 6.07) is 0. The Morgan fingerprint density at radius 2 is 1.11 bits per heavy atom. The SMILES string of the molecule is O=C(O)CCCCCCCCCCOCCC(=O)O. The molecule has 0 spiro atoms. The van der Waals surface area contributed by atoms with E-state index < -0.39 is 11.9 Å². The first kappa shape index (κ1) is 17.9. The summed E-state index contributed by atoms with van der Waals surface area (Å²) in [7, 11) is 0. The minimum atomic E-state index is -0.817. The molecular weight excluding hydrogens is 248 g/mol. The van der Waals surface area contributed by atoms with Gasteiger partial charge in [0.25, 0.3) is 0 Å². The quantitative estimate of drug-likeness (QED) is 0.475. The fourth-order valence-electron chi connectivity index (χ4n) is 1.80. The van der Waals surface area contributed by atoms with Crippen molar-refractivity contribution in [1.82, 2.24) is 0 Å². The molecule has 112 valence electrons. The van der Waals surface area contributed by atoms with Gasteiger partial charge in [0.05, 0.1) is 13.0 Å². The lowest BCUT2D eigenvalue weighted by Gasteiger charge is -2.03. The number of rotatable bonds is 14. The van der Waals surface area contributed by atoms with E-state index in [1.807, 2.05) is 0 Å². The van der Waals surface area contributed by atoms with Crippen LogP contribution in [0.15, 0.2) is 0 Å². The van der Waals surface area contributed by atoms with E-state index in [9.17, 15) is 9.59 Å². The predicted octanol–water partition coefficient (Wildman–Crippen LogP) is 3.07. The van der Waals surface area contributed by atoms with Crippen LogP contribution in [0.3, 0.4) is 0 Å². The summed E-state index contributed by atoms with van der Waals surface area (Å²) in [6.45, 7) is 0.949. The Morgan fingerprint density at radius 1 is 0.632 bits per heavy atom. The summed E-state index contributed by atoms with van der Waals surface area (Å²) >= 11 is 0. The standard InChI is InChI=1S/C14H26O5/c15-13(16)9-7-5-3-1-2-4-6-8-11-19-12-10-14(17)18/h1-12H2,(H,15,16)(H,17,18). The second-order valence-electron chi connectivity index (χ2n) is 4.73. The minimum Gasteiger partial charge on any atom is -0.481 e. The van der Waals surface area contributed by atoms with Crippen molar-refractivity contribution in [1.29, 1.82) is 0 Å². The summed E-state index contributed by atoms with van der Waals surface area (Å²) < 4.78 is 5.19. The molecule has 0 atom stereocenters. The zero-order valence-corrected chi connectivity index (χ0v) is 11.6. The average molecular weight is 274 g/mol. The van der Waals surface area contributed by atoms with E-state index in [-0.39, 0.29) is 12.8 Å². The Bertz CT molecular complexity index is 216. The normalized spacial score (nSPS) is 10.5. The molecule has 0 aliphatic heterocycles. The molecule has 0 rings (SSSR count). The maximum atomic E-state index is 10.3. The highest BCUT2D eigenvalue weighted by molar-refractivity contribution is 5.66. The van der Waals surface area contributed by atoms with Gasteiger partial charge in [0.15, 0.2) is 0 Å². The van der Waals surface area contributed by atoms with Crippen LogP contribution in [0.2, 0.25) is 0 Å². The number of aliphatic carboxylic acids is 2. The van der Waals surface area contributed by atoms with Crippen LogP contribution < -0.4 is 0 Å². The molecule has 19 heavy (non-hydrogen) atoms. The van der Waals surface area contributed by atoms with E-state index in [1.165, 1.54) is 19.3 Å². The number of unbranched alkanes of at least 4 members (excludes halogenated alkanes) is 7. The van der Waals surface area contributed by atoms with Crippen molar-refractivity contribution in [3.8, 4) is 0 Å². The molecule has 0 bridgehead atoms. The van der Waals surface area contributed by atoms with Crippen molar-refractivity contribution in [2.45, 2.75) is 64.2 Å². The average Bonchev–Trinajstić information content (AvgIpc) is 2.34. The van der Waals surface area contributed by atoms with Crippen LogP contribution in [-0.2, 0) is 14.3 Å². The van der Waals surface area contributed by atoms with E-state index in [0.29, 0.717) is 13.2 Å². The largest absolute Gasteiger partial charge is 0.481 e. The topological polar surface area (TPSA) is 83.8 Å². The lowest BCUT2D eigenvalue weighted by molar-refractivity contribution is -0.138. The van der Waals surface area contributed by atoms with Gasteiger partial charge in [-0.15, -0.1) is 0 Å². The third-order valence-corrected chi connectivity index (χ3v) is 2.89. The number of ether oxygens (including phenoxy) is 1. The van der Waals surface area contributed by atoms with Gasteiger partial charge in [0.1, 0.15) is 0 Å². The highest BCUT2D eigenvalue weighted by Gasteiger charge is 1.97. The second kappa shape index (κ2) is 13.3. The van der Waals surface area contributed by atoms with E-state index in [1.54, 1.807) is 0 Å². The van der Waals surface area contributed by atoms with Crippen LogP contribution in [0.4, 0.5) is 0 Å². The van der Waals surface area contributed by atoms with Gasteiger partial charge in [-0.2, -0.15) is 0 Å². The monoisotopic (exact) mass is 274 g/mol. The molecule has 0 saturated heterocycles. The van der Waals surface area contributed by atoms with Crippen molar-refractivity contribution in [3.63, 3.8) is 0 Å². The van der Waals surface area contributed by atoms with E-state index >= 15 is 0 Å². The van der Waals surface area contributed by atoms with Crippen molar-refractivity contribution >= 4 is 11.9 Å². The smallest absolute Gasteiger partial charge is 0.305 e. The lowest BCUT2D eigenvalue weighted by atomic mass is 10.1. The van der Waals surface area contributed by atoms with Crippen molar-refractivity contribution in [2.75, 3.05) is 13.2 Å². The molecule has 5 heteroatoms. The first-order valence-corrected chi connectivity index (χ1v) is 7.14. The number of hydrogen-bond acceptors (Lipinski definition) is 3. The Labute approximate surface area is 115 Å². The van der Waals surface area contributed by atoms with Gasteiger partial charge >= 0.3 is 11.9 Å². The summed E-state index contributed by atoms with van der Waals surface area (Å²) in [6.07, 6.45) is 8.88. The molecule has 0 unspecified atom stereocenters. The van der Waals surface area contributed by atoms with Crippen LogP contribution in [0.1, 0.15) is 64.2 Å². The molecule has 2 N–H and O–H groups in total. The lowest BCUT2D eigenvalue weighted by Crippen LogP contribution is -2.03. The molecular formula is C14H26O5. The predicted molar refractivity (Wildman–Crippen MR) is 72.3 cm³/mol. The van der Waals surface area contributed by atoms with Gasteiger partial charge in [0.2, 0.25) is 0 Å². The Balaban J connectivity index is 2.99. The maximum absolute atomic E-state index is 10.3. The molecule has 0 aromatic carbocycles. The highest BCUT2D eigenvalue weighted by Crippen LogP contribution is 2.09. The van der Waals surface area contributed by atoms with Crippen LogP contribution >= 0.6 is 0 Å². The number of carbonyl (C=O) groups is 2. The van der Waals surface area contributed by atoms with Crippen LogP contribution in [0.5, 0.6) is 0 Å². The van der Waals surface area contributed by atoms with Gasteiger partial charge < -0.3 is 14.9 Å². The zero-order chi connectivity index (χ0) is 14.3. The minimum absolute atomic E-state index is 0.0797. The third-order valence-electron chi connectivity index (χ3n) is 2.89. The maximum Gasteiger partial charge on any atom is 0.305 e. The summed E-state index contributed by atoms with van der Waals surface area (Å²) in [5.74, 6) is -1.52. The van der Waals surface area contributed by atoms with Gasteiger partial charge in [-0.1, -0.05) is 38.5 Å². The molecule has 0 aliphatic rings. The van der Waals surface area contributed by atoms with Crippen molar-refractivity contribution < 1.29 is 24.5 Å². The van der Waals surface area contributed by atoms with E-state index in [2.05, 4.69) is 0 Å². The van der Waals surface area contributed by atoms with E-state index in [4.69, 9.17) is 14.9 Å². The first-order chi connectivity index (χ1) is 9.13. The second-order valence-corrected chi connectivity index (χ2v) is 4.73. The van der Waals surface area contributed by atoms with Crippen molar-refractivity contribution in [2.24, 2.45) is 0 Å². The highest BCUT2D eigenvalue weighted by atomic mass is 16.5. The Morgan fingerprint density at radius 3 is 1.63 bits per heavy atom. The summed E-state index contributed by atoms with van der Waals surface area (Å²) in [4.78, 5) is 20.5. The molecule has 5 nitrogen and oxygen atoms in total. The third kappa shape index (κ3) is 16.9. The Kier molecular flexibility index (Phi) is 12.6. The molecule has 0 aromatic rings. The molecule has 0 heterocycles. The molecule has 0 aromatic heterocycles. The molecule has 0 aliphatic carbocycles. The van der Waals surface area contributed by atoms with Crippen LogP contribution in [0, 0.1) is 0 Å². The van der Waals surface area contributed by atoms with Crippen molar-refractivity contribution in [3.05, 3.63) is 0 Å². The van der Waals surface area contributed by atoms with Crippen LogP contribution in [-0.4, -0.2) is 35.4 Å². The van der Waals surface area contributed by atoms with Gasteiger partial charge in [-0.3, -0.25) is 9.59 Å². The molecule has 0 radical (unpaired) electrons. The Hall–Kier alpha value is -1.10. The molecule has 0 fully saturated rings. The van der Waals surface area contributed by atoms with Crippen LogP contribution in [0.25, 0.3) is 0 Å². The fourth-order valence-corrected chi connectivity index (χ4v) is 1.80. The number of carboxylic acid groups (broad SMARTS) is 2. The number of carboxylic acids is 2. The zero-order valence-electron chi connectivity index (χ0n) is 11.6. The van der Waals surface area contributed by atoms with Gasteiger partial charge in [0, 0.05) is 13.0 Å². The molecule has 0 saturated carbocycles. The van der Waals surface area contributed by atoms with Gasteiger partial charge in [-0.25, -0.2) is 0 Å². The fraction of sp³-hybridized carbons (Fsp3) is 0.857. The molecule has 0 amide bonds. The first-order valence-electron chi connectivity index (χ1n) is 7.14.